The summed E-state index contributed by atoms with van der Waals surface area (Å²) in [5.74, 6) is -0.645. The molecule has 0 saturated heterocycles. The third kappa shape index (κ3) is 4.63. The van der Waals surface area contributed by atoms with E-state index in [0.29, 0.717) is 36.6 Å². The van der Waals surface area contributed by atoms with E-state index in [9.17, 15) is 14.7 Å². The fraction of sp³-hybridized carbons (Fsp3) is 0.214. The van der Waals surface area contributed by atoms with E-state index in [4.69, 9.17) is 0 Å². The number of para-hydroxylation sites is 1. The van der Waals surface area contributed by atoms with Crippen molar-refractivity contribution in [3.63, 3.8) is 0 Å². The number of rotatable bonds is 9. The van der Waals surface area contributed by atoms with Gasteiger partial charge in [-0.2, -0.15) is 5.21 Å². The number of pyridine rings is 1. The highest BCUT2D eigenvalue weighted by molar-refractivity contribution is 5.92. The van der Waals surface area contributed by atoms with Gasteiger partial charge in [0.05, 0.1) is 17.8 Å². The Balaban J connectivity index is 1.52. The molecule has 0 unspecified atom stereocenters. The van der Waals surface area contributed by atoms with Crippen molar-refractivity contribution in [3.05, 3.63) is 99.9 Å². The number of carbonyl (C=O) groups is 1. The second kappa shape index (κ2) is 10.6. The van der Waals surface area contributed by atoms with Crippen LogP contribution in [-0.2, 0) is 19.4 Å². The molecule has 0 aliphatic rings. The smallest absolute Gasteiger partial charge is 0.337 e. The molecule has 0 radical (unpaired) electrons. The Morgan fingerprint density at radius 3 is 2.55 bits per heavy atom. The first kappa shape index (κ1) is 24.8. The van der Waals surface area contributed by atoms with E-state index in [2.05, 4.69) is 32.5 Å². The molecule has 5 rings (SSSR count). The third-order valence-electron chi connectivity index (χ3n) is 6.51. The predicted octanol–water partition coefficient (Wildman–Crippen LogP) is 4.14. The molecular weight excluding hydrogens is 482 g/mol. The summed E-state index contributed by atoms with van der Waals surface area (Å²) in [7, 11) is 0. The number of nitrogens with zero attached hydrogens (tertiary/aromatic N) is 6. The number of benzene rings is 2. The second-order valence-electron chi connectivity index (χ2n) is 8.91. The normalized spacial score (nSPS) is 11.1. The number of tetrazole rings is 1. The summed E-state index contributed by atoms with van der Waals surface area (Å²) in [6, 6.07) is 16.8. The quantitative estimate of drug-likeness (QED) is 0.305. The van der Waals surface area contributed by atoms with Crippen LogP contribution >= 0.6 is 0 Å². The van der Waals surface area contributed by atoms with E-state index in [1.54, 1.807) is 29.1 Å². The molecule has 0 bridgehead atoms. The van der Waals surface area contributed by atoms with Crippen LogP contribution in [0.1, 0.15) is 47.4 Å². The lowest BCUT2D eigenvalue weighted by molar-refractivity contribution is 0.0696. The van der Waals surface area contributed by atoms with Gasteiger partial charge in [-0.1, -0.05) is 62.7 Å². The van der Waals surface area contributed by atoms with Crippen molar-refractivity contribution in [2.75, 3.05) is 0 Å². The highest BCUT2D eigenvalue weighted by Gasteiger charge is 2.20. The molecule has 0 atom stereocenters. The molecule has 0 spiro atoms. The molecule has 10 heteroatoms. The fourth-order valence-corrected chi connectivity index (χ4v) is 4.70. The van der Waals surface area contributed by atoms with Crippen LogP contribution in [0.3, 0.4) is 0 Å². The minimum absolute atomic E-state index is 0.116. The maximum Gasteiger partial charge on any atom is 0.337 e. The number of aromatic amines is 1. The Hall–Kier alpha value is -4.86. The molecule has 0 amide bonds. The average Bonchev–Trinajstić information content (AvgIpc) is 3.58. The van der Waals surface area contributed by atoms with Crippen molar-refractivity contribution >= 4 is 5.97 Å². The second-order valence-corrected chi connectivity index (χ2v) is 8.91. The summed E-state index contributed by atoms with van der Waals surface area (Å²) in [4.78, 5) is 30.1. The SMILES string of the molecule is CCCc1cn(-c2c(CC)cccc2C(=O)O)c(=O)n1Cc1ccc(-c2cccnc2-c2nn[nH]n2)cc1. The minimum Gasteiger partial charge on any atom is -0.478 e. The third-order valence-corrected chi connectivity index (χ3v) is 6.51. The molecule has 38 heavy (non-hydrogen) atoms. The molecule has 10 nitrogen and oxygen atoms in total. The van der Waals surface area contributed by atoms with Crippen molar-refractivity contribution in [2.45, 2.75) is 39.7 Å². The number of nitrogens with one attached hydrogen (secondary N) is 1. The van der Waals surface area contributed by atoms with Gasteiger partial charge >= 0.3 is 11.7 Å². The van der Waals surface area contributed by atoms with Crippen molar-refractivity contribution in [3.8, 4) is 28.3 Å². The van der Waals surface area contributed by atoms with Crippen molar-refractivity contribution in [1.29, 1.82) is 0 Å². The summed E-state index contributed by atoms with van der Waals surface area (Å²) in [5.41, 5.74) is 5.33. The molecule has 2 aromatic carbocycles. The van der Waals surface area contributed by atoms with Crippen molar-refractivity contribution in [1.82, 2.24) is 34.7 Å². The first-order valence-electron chi connectivity index (χ1n) is 12.5. The van der Waals surface area contributed by atoms with Gasteiger partial charge in [-0.15, -0.1) is 10.2 Å². The van der Waals surface area contributed by atoms with Crippen LogP contribution in [0.25, 0.3) is 28.3 Å². The lowest BCUT2D eigenvalue weighted by Gasteiger charge is -2.12. The van der Waals surface area contributed by atoms with Crippen LogP contribution in [0.5, 0.6) is 0 Å². The van der Waals surface area contributed by atoms with E-state index < -0.39 is 5.97 Å². The van der Waals surface area contributed by atoms with Crippen LogP contribution < -0.4 is 5.69 Å². The first-order valence-corrected chi connectivity index (χ1v) is 12.5. The Morgan fingerprint density at radius 1 is 1.05 bits per heavy atom. The Kier molecular flexibility index (Phi) is 6.94. The molecule has 3 heterocycles. The van der Waals surface area contributed by atoms with Crippen LogP contribution in [0.4, 0.5) is 0 Å². The number of carboxylic acids is 1. The number of hydrogen-bond acceptors (Lipinski definition) is 6. The highest BCUT2D eigenvalue weighted by atomic mass is 16.4. The minimum atomic E-state index is -1.06. The van der Waals surface area contributed by atoms with Crippen LogP contribution in [-0.4, -0.2) is 45.8 Å². The van der Waals surface area contributed by atoms with Gasteiger partial charge in [0.1, 0.15) is 5.69 Å². The number of aromatic nitrogens is 7. The molecular formula is C28H27N7O3. The number of carboxylic acid groups (broad SMARTS) is 1. The molecule has 0 aliphatic heterocycles. The highest BCUT2D eigenvalue weighted by Crippen LogP contribution is 2.28. The Bertz CT molecular complexity index is 1630. The summed E-state index contributed by atoms with van der Waals surface area (Å²) in [6.45, 7) is 4.37. The summed E-state index contributed by atoms with van der Waals surface area (Å²) < 4.78 is 3.22. The van der Waals surface area contributed by atoms with Gasteiger partial charge in [-0.05, 0) is 46.9 Å². The average molecular weight is 510 g/mol. The molecule has 5 aromatic rings. The van der Waals surface area contributed by atoms with Gasteiger partial charge in [-0.3, -0.25) is 14.1 Å². The van der Waals surface area contributed by atoms with Gasteiger partial charge in [0.2, 0.25) is 5.82 Å². The number of imidazole rings is 1. The topological polar surface area (TPSA) is 132 Å². The monoisotopic (exact) mass is 509 g/mol. The van der Waals surface area contributed by atoms with Crippen LogP contribution in [0.2, 0.25) is 0 Å². The largest absolute Gasteiger partial charge is 0.478 e. The maximum atomic E-state index is 13.7. The maximum absolute atomic E-state index is 13.7. The van der Waals surface area contributed by atoms with Gasteiger partial charge in [0.25, 0.3) is 0 Å². The van der Waals surface area contributed by atoms with E-state index >= 15 is 0 Å². The van der Waals surface area contributed by atoms with Crippen LogP contribution in [0, 0.1) is 0 Å². The molecule has 192 valence electrons. The van der Waals surface area contributed by atoms with Gasteiger partial charge < -0.3 is 5.11 Å². The van der Waals surface area contributed by atoms with Crippen molar-refractivity contribution < 1.29 is 9.90 Å². The fourth-order valence-electron chi connectivity index (χ4n) is 4.70. The van der Waals surface area contributed by atoms with E-state index in [1.165, 1.54) is 4.57 Å². The van der Waals surface area contributed by atoms with E-state index in [0.717, 1.165) is 34.4 Å². The molecule has 2 N–H and O–H groups in total. The Morgan fingerprint density at radius 2 is 1.87 bits per heavy atom. The Labute approximate surface area is 218 Å². The van der Waals surface area contributed by atoms with Crippen molar-refractivity contribution in [2.24, 2.45) is 0 Å². The van der Waals surface area contributed by atoms with E-state index in [1.807, 2.05) is 49.4 Å². The molecule has 3 aromatic heterocycles. The lowest BCUT2D eigenvalue weighted by atomic mass is 10.0. The van der Waals surface area contributed by atoms with E-state index in [-0.39, 0.29) is 11.3 Å². The van der Waals surface area contributed by atoms with Gasteiger partial charge in [-0.25, -0.2) is 9.59 Å². The molecule has 0 saturated carbocycles. The van der Waals surface area contributed by atoms with Crippen LogP contribution in [0.15, 0.2) is 71.8 Å². The van der Waals surface area contributed by atoms with Gasteiger partial charge in [0, 0.05) is 23.7 Å². The summed E-state index contributed by atoms with van der Waals surface area (Å²) in [5, 5.41) is 24.0. The lowest BCUT2D eigenvalue weighted by Crippen LogP contribution is -2.26. The number of hydrogen-bond donors (Lipinski definition) is 2. The number of H-pyrrole nitrogens is 1. The zero-order chi connectivity index (χ0) is 26.6. The molecule has 0 fully saturated rings. The number of aryl methyl sites for hydroxylation is 2. The number of aromatic carboxylic acids is 1. The standard InChI is InChI=1S/C28H27N7O3/c1-3-7-21-17-35(25-19(4-2)8-5-9-23(25)27(36)37)28(38)34(21)16-18-11-13-20(14-12-18)22-10-6-15-29-24(22)26-30-32-33-31-26/h5-6,8-15,17H,3-4,7,16H2,1-2H3,(H,36,37)(H,30,31,32,33). The van der Waals surface area contributed by atoms with Gasteiger partial charge in [0.15, 0.2) is 0 Å². The molecule has 0 aliphatic carbocycles. The zero-order valence-electron chi connectivity index (χ0n) is 21.1. The summed E-state index contributed by atoms with van der Waals surface area (Å²) in [6.07, 6.45) is 5.62. The summed E-state index contributed by atoms with van der Waals surface area (Å²) >= 11 is 0. The first-order chi connectivity index (χ1) is 18.5. The zero-order valence-corrected chi connectivity index (χ0v) is 21.1. The predicted molar refractivity (Wildman–Crippen MR) is 142 cm³/mol.